The average molecular weight is 967 g/mol. The zero-order valence-corrected chi connectivity index (χ0v) is 44.1. The number of benzene rings is 6. The fourth-order valence-electron chi connectivity index (χ4n) is 5.94. The van der Waals surface area contributed by atoms with E-state index < -0.39 is 88.7 Å². The number of fused-ring (bicyclic) bond motifs is 2. The normalized spacial score (nSPS) is 11.4. The quantitative estimate of drug-likeness (QED) is 0.0468. The van der Waals surface area contributed by atoms with Crippen LogP contribution in [0.25, 0.3) is 21.5 Å². The summed E-state index contributed by atoms with van der Waals surface area (Å²) in [5.41, 5.74) is -0.520. The van der Waals surface area contributed by atoms with Crippen LogP contribution in [0.15, 0.2) is 129 Å². The van der Waals surface area contributed by atoms with Gasteiger partial charge in [0.05, 0.1) is 11.4 Å². The Kier molecular flexibility index (Phi) is 19.6. The topological polar surface area (TPSA) is 317 Å². The molecule has 6 rings (SSSR count). The number of rotatable bonds is 10. The van der Waals surface area contributed by atoms with Crippen LogP contribution in [-0.2, 0) is 40.5 Å². The van der Waals surface area contributed by atoms with E-state index in [1.54, 1.807) is 0 Å². The minimum atomic E-state index is -4.96. The predicted octanol–water partition coefficient (Wildman–Crippen LogP) is -6.41. The van der Waals surface area contributed by atoms with E-state index in [0.717, 1.165) is 60.7 Å². The van der Waals surface area contributed by atoms with E-state index in [-0.39, 0.29) is 169 Å². The second-order valence-electron chi connectivity index (χ2n) is 12.1. The van der Waals surface area contributed by atoms with Crippen LogP contribution in [0.3, 0.4) is 0 Å². The molecule has 0 aliphatic rings. The first kappa shape index (κ1) is 55.8. The molecule has 6 aromatic carbocycles. The first-order valence-electron chi connectivity index (χ1n) is 15.9. The maximum absolute atomic E-state index is 13.3. The Morgan fingerprint density at radius 1 is 0.403 bits per heavy atom. The minimum absolute atomic E-state index is 0. The van der Waals surface area contributed by atoms with Crippen LogP contribution in [0.4, 0.5) is 27.5 Å². The van der Waals surface area contributed by atoms with Crippen molar-refractivity contribution < 1.29 is 190 Å². The third kappa shape index (κ3) is 12.9. The van der Waals surface area contributed by atoms with Gasteiger partial charge in [-0.2, -0.15) is 33.7 Å². The number of hydrogen-bond donors (Lipinski definition) is 8. The van der Waals surface area contributed by atoms with Gasteiger partial charge in [-0.15, -0.1) is 0 Å². The van der Waals surface area contributed by atoms with Crippen molar-refractivity contribution in [1.82, 2.24) is 0 Å². The Morgan fingerprint density at radius 2 is 0.726 bits per heavy atom. The Labute approximate surface area is 448 Å². The second kappa shape index (κ2) is 21.8. The summed E-state index contributed by atoms with van der Waals surface area (Å²) in [7, 11) is -19.7. The van der Waals surface area contributed by atoms with Crippen molar-refractivity contribution in [2.45, 2.75) is 19.6 Å². The number of carbonyl (C=O) groups is 3. The molecular formula is C35H30N4Na4O15S4. The molecule has 8 N–H and O–H groups in total. The number of anilines is 4. The van der Waals surface area contributed by atoms with Gasteiger partial charge < -0.3 is 27.0 Å². The Balaban J connectivity index is -0.00000496. The largest absolute Gasteiger partial charge is 1.00 e. The molecule has 0 aromatic heterocycles. The zero-order valence-electron chi connectivity index (χ0n) is 36.8. The van der Waals surface area contributed by atoms with Crippen molar-refractivity contribution in [3.63, 3.8) is 0 Å². The van der Waals surface area contributed by atoms with Crippen LogP contribution in [0, 0.1) is 0 Å². The van der Waals surface area contributed by atoms with Crippen LogP contribution < -0.4 is 139 Å². The maximum atomic E-state index is 13.3. The average Bonchev–Trinajstić information content (AvgIpc) is 3.13. The summed E-state index contributed by atoms with van der Waals surface area (Å²) in [4.78, 5) is 36.7. The monoisotopic (exact) mass is 966 g/mol. The molecule has 0 bridgehead atoms. The summed E-state index contributed by atoms with van der Waals surface area (Å²) in [6, 6.07) is 20.2. The van der Waals surface area contributed by atoms with E-state index >= 15 is 0 Å². The van der Waals surface area contributed by atoms with E-state index in [1.165, 1.54) is 48.5 Å². The van der Waals surface area contributed by atoms with E-state index in [1.807, 2.05) is 0 Å². The fourth-order valence-corrected chi connectivity index (χ4v) is 8.77. The predicted molar refractivity (Wildman–Crippen MR) is 213 cm³/mol. The van der Waals surface area contributed by atoms with Gasteiger partial charge in [0.2, 0.25) is 0 Å². The molecule has 0 spiro atoms. The summed E-state index contributed by atoms with van der Waals surface area (Å²) >= 11 is 0. The molecule has 6 aromatic rings. The second-order valence-corrected chi connectivity index (χ2v) is 17.7. The number of urea groups is 1. The number of nitrogens with one attached hydrogen (secondary N) is 4. The van der Waals surface area contributed by atoms with Crippen molar-refractivity contribution in [3.05, 3.63) is 120 Å². The van der Waals surface area contributed by atoms with Crippen LogP contribution in [-0.4, -0.2) is 69.7 Å². The number of carbonyl (C=O) groups excluding carboxylic acids is 3. The third-order valence-electron chi connectivity index (χ3n) is 8.30. The van der Waals surface area contributed by atoms with Crippen molar-refractivity contribution in [2.75, 3.05) is 21.3 Å². The number of hydrogen-bond acceptors (Lipinski definition) is 11. The maximum Gasteiger partial charge on any atom is 1.00 e. The van der Waals surface area contributed by atoms with Gasteiger partial charge in [0.1, 0.15) is 19.6 Å². The van der Waals surface area contributed by atoms with E-state index in [0.29, 0.717) is 0 Å². The zero-order chi connectivity index (χ0) is 42.4. The van der Waals surface area contributed by atoms with Crippen molar-refractivity contribution >= 4 is 103 Å². The van der Waals surface area contributed by atoms with Gasteiger partial charge in [-0.05, 0) is 72.8 Å². The molecule has 0 radical (unpaired) electrons. The first-order valence-corrected chi connectivity index (χ1v) is 21.7. The van der Waals surface area contributed by atoms with Gasteiger partial charge in [0, 0.05) is 44.0 Å². The molecule has 0 heterocycles. The Morgan fingerprint density at radius 3 is 1.05 bits per heavy atom. The summed E-state index contributed by atoms with van der Waals surface area (Å²) in [6.07, 6.45) is 0. The Bertz CT molecular complexity index is 3020. The van der Waals surface area contributed by atoms with Gasteiger partial charge in [0.25, 0.3) is 52.3 Å². The van der Waals surface area contributed by atoms with Crippen molar-refractivity contribution in [2.24, 2.45) is 0 Å². The van der Waals surface area contributed by atoms with Crippen molar-refractivity contribution in [1.29, 1.82) is 0 Å². The molecule has 27 heteroatoms. The molecule has 0 atom stereocenters. The molecule has 0 unspecified atom stereocenters. The summed E-state index contributed by atoms with van der Waals surface area (Å²) in [5.74, 6) is -1.73. The molecular weight excluding hydrogens is 937 g/mol. The third-order valence-corrected chi connectivity index (χ3v) is 11.9. The van der Waals surface area contributed by atoms with Gasteiger partial charge in [0.15, 0.2) is 0 Å². The molecule has 308 valence electrons. The minimum Gasteiger partial charge on any atom is -1.00 e. The summed E-state index contributed by atoms with van der Waals surface area (Å²) in [6.45, 7) is 0. The van der Waals surface area contributed by atoms with Crippen LogP contribution in [0.1, 0.15) is 26.4 Å². The molecule has 62 heavy (non-hydrogen) atoms. The van der Waals surface area contributed by atoms with Crippen LogP contribution >= 0.6 is 0 Å². The molecule has 0 aliphatic carbocycles. The summed E-state index contributed by atoms with van der Waals surface area (Å²) in [5, 5.41) is 8.39. The van der Waals surface area contributed by atoms with E-state index in [9.17, 15) is 66.3 Å². The first-order chi connectivity index (χ1) is 27.0. The fraction of sp³-hybridized carbons (Fsp3) is 0. The molecule has 0 saturated heterocycles. The van der Waals surface area contributed by atoms with E-state index in [4.69, 9.17) is 0 Å². The van der Waals surface area contributed by atoms with Crippen LogP contribution in [0.5, 0.6) is 0 Å². The van der Waals surface area contributed by atoms with Gasteiger partial charge in [-0.3, -0.25) is 27.8 Å². The van der Waals surface area contributed by atoms with Gasteiger partial charge in [-0.25, -0.2) is 4.79 Å². The van der Waals surface area contributed by atoms with Gasteiger partial charge in [-0.1, -0.05) is 36.4 Å². The summed E-state index contributed by atoms with van der Waals surface area (Å²) < 4.78 is 136. The van der Waals surface area contributed by atoms with Gasteiger partial charge >= 0.3 is 124 Å². The molecule has 0 fully saturated rings. The molecule has 0 saturated carbocycles. The molecule has 4 amide bonds. The molecule has 0 aliphatic heterocycles. The Hall–Kier alpha value is -2.31. The van der Waals surface area contributed by atoms with E-state index in [2.05, 4.69) is 21.3 Å². The smallest absolute Gasteiger partial charge is 1.00 e. The SMILES string of the molecule is O=C(Nc1cccc(C(=O)Nc2ccc(S(=O)(=O)O)c3cccc(S(=O)(=O)O)c23)c1)Nc1cccc(C(=O)Nc2ccc(S(=O)(=O)O)c3cccc(S(=O)(=O)O)c23)c1.[H-].[H-].[H-].[H-].[Na+].[Na+].[Na+].[Na+]. The van der Waals surface area contributed by atoms with Crippen LogP contribution in [0.2, 0.25) is 0 Å². The molecule has 19 nitrogen and oxygen atoms in total. The standard InChI is InChI=1S/C35H26N4O15S4.4Na.4H/c40-33(38-25-13-15-27(55(43,44)45)23-9-3-11-29(31(23)25)57(49,50)51)19-5-1-7-21(17-19)36-35(42)37-22-8-2-6-20(18-22)34(41)39-26-14-16-28(56(46,47)48)24-10-4-12-30(32(24)26)58(52,53)54;;;;;;;;/h1-18H,(H,38,40)(H,39,41)(H2,36,37,42)(H,43,44,45)(H,46,47,48)(H,49,50,51)(H,52,53,54);;;;;;;;/q;4*+1;4*-1. The number of amides is 4. The van der Waals surface area contributed by atoms with Crippen molar-refractivity contribution in [3.8, 4) is 0 Å².